The Hall–Kier alpha value is -2.93. The number of nitriles is 1. The number of hydrogen-bond donors (Lipinski definition) is 1. The third-order valence-electron chi connectivity index (χ3n) is 3.29. The number of carbonyl (C=O) groups is 1. The summed E-state index contributed by atoms with van der Waals surface area (Å²) in [4.78, 5) is 12.1. The Morgan fingerprint density at radius 1 is 1.18 bits per heavy atom. The summed E-state index contributed by atoms with van der Waals surface area (Å²) in [5, 5.41) is 11.8. The van der Waals surface area contributed by atoms with Gasteiger partial charge in [0.1, 0.15) is 17.5 Å². The SMILES string of the molecule is Cc1ccc(NC(=O)/C(C#N)=C/c2cccc(F)c2)cc1C. The minimum absolute atomic E-state index is 0.0798. The first-order chi connectivity index (χ1) is 10.5. The fourth-order valence-electron chi connectivity index (χ4n) is 1.93. The highest BCUT2D eigenvalue weighted by molar-refractivity contribution is 6.09. The molecule has 110 valence electrons. The van der Waals surface area contributed by atoms with E-state index in [1.807, 2.05) is 32.0 Å². The molecule has 2 rings (SSSR count). The van der Waals surface area contributed by atoms with Gasteiger partial charge in [0.05, 0.1) is 0 Å². The van der Waals surface area contributed by atoms with Gasteiger partial charge in [0, 0.05) is 5.69 Å². The fourth-order valence-corrected chi connectivity index (χ4v) is 1.93. The molecule has 0 heterocycles. The minimum Gasteiger partial charge on any atom is -0.321 e. The molecule has 0 saturated carbocycles. The first-order valence-corrected chi connectivity index (χ1v) is 6.75. The Bertz CT molecular complexity index is 788. The van der Waals surface area contributed by atoms with Gasteiger partial charge in [-0.05, 0) is 60.9 Å². The number of anilines is 1. The van der Waals surface area contributed by atoms with E-state index in [0.29, 0.717) is 11.3 Å². The largest absolute Gasteiger partial charge is 0.321 e. The second kappa shape index (κ2) is 6.68. The van der Waals surface area contributed by atoms with Crippen molar-refractivity contribution in [1.29, 1.82) is 5.26 Å². The second-order valence-corrected chi connectivity index (χ2v) is 4.98. The molecule has 0 aliphatic rings. The van der Waals surface area contributed by atoms with Crippen LogP contribution in [-0.2, 0) is 4.79 Å². The van der Waals surface area contributed by atoms with Crippen LogP contribution in [0.3, 0.4) is 0 Å². The molecule has 4 heteroatoms. The molecule has 0 aliphatic carbocycles. The summed E-state index contributed by atoms with van der Waals surface area (Å²) in [5.74, 6) is -0.935. The lowest BCUT2D eigenvalue weighted by Gasteiger charge is -2.07. The second-order valence-electron chi connectivity index (χ2n) is 4.98. The van der Waals surface area contributed by atoms with Crippen LogP contribution in [0.1, 0.15) is 16.7 Å². The van der Waals surface area contributed by atoms with Crippen LogP contribution in [0.4, 0.5) is 10.1 Å². The van der Waals surface area contributed by atoms with Crippen LogP contribution in [0.15, 0.2) is 48.0 Å². The average molecular weight is 294 g/mol. The van der Waals surface area contributed by atoms with Crippen molar-refractivity contribution in [3.05, 3.63) is 70.5 Å². The Balaban J connectivity index is 2.22. The molecule has 0 saturated heterocycles. The van der Waals surface area contributed by atoms with Crippen LogP contribution in [0.5, 0.6) is 0 Å². The molecule has 0 spiro atoms. The van der Waals surface area contributed by atoms with Crippen molar-refractivity contribution in [2.45, 2.75) is 13.8 Å². The summed E-state index contributed by atoms with van der Waals surface area (Å²) in [5.41, 5.74) is 3.17. The molecule has 2 aromatic rings. The van der Waals surface area contributed by atoms with Crippen molar-refractivity contribution in [3.63, 3.8) is 0 Å². The number of aryl methyl sites for hydroxylation is 2. The van der Waals surface area contributed by atoms with Crippen LogP contribution in [0, 0.1) is 31.0 Å². The van der Waals surface area contributed by atoms with E-state index in [0.717, 1.165) is 11.1 Å². The molecule has 1 amide bonds. The van der Waals surface area contributed by atoms with Crippen molar-refractivity contribution >= 4 is 17.7 Å². The number of amides is 1. The van der Waals surface area contributed by atoms with Gasteiger partial charge in [-0.1, -0.05) is 18.2 Å². The Morgan fingerprint density at radius 2 is 1.95 bits per heavy atom. The molecule has 0 fully saturated rings. The van der Waals surface area contributed by atoms with Crippen LogP contribution in [0.2, 0.25) is 0 Å². The number of benzene rings is 2. The average Bonchev–Trinajstić information content (AvgIpc) is 2.48. The Morgan fingerprint density at radius 3 is 2.59 bits per heavy atom. The molecule has 0 unspecified atom stereocenters. The van der Waals surface area contributed by atoms with E-state index in [9.17, 15) is 9.18 Å². The summed E-state index contributed by atoms with van der Waals surface area (Å²) in [7, 11) is 0. The molecule has 2 aromatic carbocycles. The van der Waals surface area contributed by atoms with Crippen LogP contribution >= 0.6 is 0 Å². The Labute approximate surface area is 128 Å². The number of hydrogen-bond acceptors (Lipinski definition) is 2. The predicted molar refractivity (Wildman–Crippen MR) is 84.5 cm³/mol. The van der Waals surface area contributed by atoms with Crippen molar-refractivity contribution in [2.24, 2.45) is 0 Å². The van der Waals surface area contributed by atoms with E-state index in [2.05, 4.69) is 5.32 Å². The topological polar surface area (TPSA) is 52.9 Å². The van der Waals surface area contributed by atoms with Crippen molar-refractivity contribution in [1.82, 2.24) is 0 Å². The van der Waals surface area contributed by atoms with Crippen LogP contribution in [0.25, 0.3) is 6.08 Å². The quantitative estimate of drug-likeness (QED) is 0.687. The molecular formula is C18H15FN2O. The maximum atomic E-state index is 13.1. The predicted octanol–water partition coefficient (Wildman–Crippen LogP) is 3.99. The van der Waals surface area contributed by atoms with Crippen molar-refractivity contribution in [3.8, 4) is 6.07 Å². The van der Waals surface area contributed by atoms with Crippen molar-refractivity contribution < 1.29 is 9.18 Å². The van der Waals surface area contributed by atoms with Crippen LogP contribution < -0.4 is 5.32 Å². The maximum Gasteiger partial charge on any atom is 0.266 e. The highest BCUT2D eigenvalue weighted by Gasteiger charge is 2.10. The van der Waals surface area contributed by atoms with E-state index in [-0.39, 0.29) is 5.57 Å². The lowest BCUT2D eigenvalue weighted by Crippen LogP contribution is -2.13. The normalized spacial score (nSPS) is 10.9. The highest BCUT2D eigenvalue weighted by atomic mass is 19.1. The van der Waals surface area contributed by atoms with Gasteiger partial charge < -0.3 is 5.32 Å². The van der Waals surface area contributed by atoms with Gasteiger partial charge >= 0.3 is 0 Å². The van der Waals surface area contributed by atoms with Gasteiger partial charge in [-0.3, -0.25) is 4.79 Å². The smallest absolute Gasteiger partial charge is 0.266 e. The fraction of sp³-hybridized carbons (Fsp3) is 0.111. The Kier molecular flexibility index (Phi) is 4.70. The van der Waals surface area contributed by atoms with Gasteiger partial charge in [0.15, 0.2) is 0 Å². The molecule has 0 aromatic heterocycles. The van der Waals surface area contributed by atoms with Crippen molar-refractivity contribution in [2.75, 3.05) is 5.32 Å². The van der Waals surface area contributed by atoms with E-state index in [4.69, 9.17) is 5.26 Å². The molecule has 0 atom stereocenters. The zero-order chi connectivity index (χ0) is 16.1. The van der Waals surface area contributed by atoms with Gasteiger partial charge in [-0.15, -0.1) is 0 Å². The number of nitrogens with zero attached hydrogens (tertiary/aromatic N) is 1. The molecule has 22 heavy (non-hydrogen) atoms. The summed E-state index contributed by atoms with van der Waals surface area (Å²) < 4.78 is 13.1. The molecular weight excluding hydrogens is 279 g/mol. The van der Waals surface area contributed by atoms with Crippen LogP contribution in [-0.4, -0.2) is 5.91 Å². The third-order valence-corrected chi connectivity index (χ3v) is 3.29. The number of halogens is 1. The minimum atomic E-state index is -0.519. The highest BCUT2D eigenvalue weighted by Crippen LogP contribution is 2.16. The lowest BCUT2D eigenvalue weighted by atomic mass is 10.1. The van der Waals surface area contributed by atoms with Gasteiger partial charge in [0.2, 0.25) is 0 Å². The molecule has 0 radical (unpaired) electrons. The van der Waals surface area contributed by atoms with E-state index >= 15 is 0 Å². The lowest BCUT2D eigenvalue weighted by molar-refractivity contribution is -0.112. The summed E-state index contributed by atoms with van der Waals surface area (Å²) in [6.07, 6.45) is 1.36. The molecule has 3 nitrogen and oxygen atoms in total. The standard InChI is InChI=1S/C18H15FN2O/c1-12-6-7-17(8-13(12)2)21-18(22)15(11-20)9-14-4-3-5-16(19)10-14/h3-10H,1-2H3,(H,21,22)/b15-9+. The van der Waals surface area contributed by atoms with Gasteiger partial charge in [-0.25, -0.2) is 4.39 Å². The molecule has 0 bridgehead atoms. The molecule has 1 N–H and O–H groups in total. The maximum absolute atomic E-state index is 13.1. The number of nitrogens with one attached hydrogen (secondary N) is 1. The van der Waals surface area contributed by atoms with E-state index in [1.54, 1.807) is 12.1 Å². The summed E-state index contributed by atoms with van der Waals surface area (Å²) in [6.45, 7) is 3.92. The number of carbonyl (C=O) groups excluding carboxylic acids is 1. The van der Waals surface area contributed by atoms with E-state index < -0.39 is 11.7 Å². The third kappa shape index (κ3) is 3.80. The summed E-state index contributed by atoms with van der Waals surface area (Å²) in [6, 6.07) is 13.1. The first kappa shape index (κ1) is 15.5. The van der Waals surface area contributed by atoms with Gasteiger partial charge in [0.25, 0.3) is 5.91 Å². The first-order valence-electron chi connectivity index (χ1n) is 6.75. The molecule has 0 aliphatic heterocycles. The zero-order valence-corrected chi connectivity index (χ0v) is 12.4. The summed E-state index contributed by atoms with van der Waals surface area (Å²) >= 11 is 0. The van der Waals surface area contributed by atoms with E-state index in [1.165, 1.54) is 24.3 Å². The van der Waals surface area contributed by atoms with Gasteiger partial charge in [-0.2, -0.15) is 5.26 Å². The zero-order valence-electron chi connectivity index (χ0n) is 12.4. The number of rotatable bonds is 3. The monoisotopic (exact) mass is 294 g/mol.